The molecular formula is C8H7Cl5HgO. The zero-order valence-corrected chi connectivity index (χ0v) is 17.3. The number of halogens is 5. The Morgan fingerprint density at radius 1 is 0.733 bits per heavy atom. The van der Waals surface area contributed by atoms with Crippen molar-refractivity contribution in [3.63, 3.8) is 0 Å². The molecule has 0 aromatic heterocycles. The zero-order chi connectivity index (χ0) is 12.2. The monoisotopic (exact) mass is 496 g/mol. The molecule has 0 aliphatic heterocycles. The fourth-order valence-corrected chi connectivity index (χ4v) is 1.72. The summed E-state index contributed by atoms with van der Waals surface area (Å²) in [7, 11) is 0. The summed E-state index contributed by atoms with van der Waals surface area (Å²) in [5.74, 6) is -0.363. The number of rotatable bonds is 0. The van der Waals surface area contributed by atoms with Crippen LogP contribution in [0, 0.1) is 0 Å². The van der Waals surface area contributed by atoms with E-state index in [4.69, 9.17) is 58.0 Å². The molecule has 15 heavy (non-hydrogen) atoms. The Labute approximate surface area is 126 Å². The fraction of sp³-hybridized carbons (Fsp3) is 0.250. The number of aromatic hydroxyl groups is 1. The Bertz CT molecular complexity index is 250. The van der Waals surface area contributed by atoms with Crippen LogP contribution in [-0.4, -0.2) is 5.11 Å². The van der Waals surface area contributed by atoms with E-state index in [1.165, 1.54) is 0 Å². The third kappa shape index (κ3) is 4.29. The first-order valence-electron chi connectivity index (χ1n) is 4.08. The van der Waals surface area contributed by atoms with Crippen molar-refractivity contribution < 1.29 is 29.7 Å². The summed E-state index contributed by atoms with van der Waals surface area (Å²) in [6.45, 7) is 0. The van der Waals surface area contributed by atoms with E-state index in [1.54, 1.807) is 0 Å². The van der Waals surface area contributed by atoms with Crippen molar-refractivity contribution in [3.05, 3.63) is 25.1 Å². The summed E-state index contributed by atoms with van der Waals surface area (Å²) in [6, 6.07) is 0. The van der Waals surface area contributed by atoms with Crippen LogP contribution in [0.4, 0.5) is 0 Å². The molecule has 1 N–H and O–H groups in total. The molecule has 0 radical (unpaired) electrons. The summed E-state index contributed by atoms with van der Waals surface area (Å²) in [5, 5.41) is 9.01. The van der Waals surface area contributed by atoms with Gasteiger partial charge in [0.25, 0.3) is 0 Å². The first-order chi connectivity index (χ1) is 6.88. The van der Waals surface area contributed by atoms with E-state index >= 15 is 0 Å². The van der Waals surface area contributed by atoms with Gasteiger partial charge in [0.15, 0.2) is 5.75 Å². The fourth-order valence-electron chi connectivity index (χ4n) is 0.593. The Hall–Kier alpha value is 1.41. The topological polar surface area (TPSA) is 20.2 Å². The standard InChI is InChI=1S/C6HCl5O.2CH3.Hg/c7-1-2(8)4(10)6(12)5(11)3(1)9;;;/h12H;2*1H3;. The van der Waals surface area contributed by atoms with Gasteiger partial charge in [-0.05, 0) is 0 Å². The van der Waals surface area contributed by atoms with Crippen LogP contribution in [0.3, 0.4) is 0 Å². The average molecular weight is 497 g/mol. The maximum atomic E-state index is 9.20. The molecule has 0 fully saturated rings. The zero-order valence-electron chi connectivity index (χ0n) is 8.04. The summed E-state index contributed by atoms with van der Waals surface area (Å²) in [6.07, 6.45) is 0. The third-order valence-corrected chi connectivity index (χ3v) is 3.44. The molecule has 0 amide bonds. The third-order valence-electron chi connectivity index (χ3n) is 1.19. The van der Waals surface area contributed by atoms with Gasteiger partial charge in [-0.25, -0.2) is 0 Å². The normalized spacial score (nSPS) is 9.00. The van der Waals surface area contributed by atoms with E-state index in [0.29, 0.717) is 0 Å². The summed E-state index contributed by atoms with van der Waals surface area (Å²) >= 11 is 27.8. The van der Waals surface area contributed by atoms with Crippen LogP contribution in [0.2, 0.25) is 34.0 Å². The first-order valence-corrected chi connectivity index (χ1v) is 17.0. The van der Waals surface area contributed by atoms with Gasteiger partial charge in [0.1, 0.15) is 10.0 Å². The van der Waals surface area contributed by atoms with E-state index in [0.717, 1.165) is 0 Å². The molecule has 0 heterocycles. The predicted molar refractivity (Wildman–Crippen MR) is 64.9 cm³/mol. The van der Waals surface area contributed by atoms with Gasteiger partial charge in [-0.2, -0.15) is 0 Å². The second kappa shape index (κ2) is 7.68. The van der Waals surface area contributed by atoms with Gasteiger partial charge in [-0.1, -0.05) is 58.0 Å². The first kappa shape index (κ1) is 16.4. The van der Waals surface area contributed by atoms with Crippen LogP contribution in [0.5, 0.6) is 5.75 Å². The average Bonchev–Trinajstić information content (AvgIpc) is 2.22. The van der Waals surface area contributed by atoms with Crippen molar-refractivity contribution in [2.75, 3.05) is 0 Å². The van der Waals surface area contributed by atoms with Crippen LogP contribution in [0.25, 0.3) is 0 Å². The molecular weight excluding hydrogens is 490 g/mol. The van der Waals surface area contributed by atoms with E-state index < -0.39 is 0 Å². The molecule has 1 rings (SSSR count). The summed E-state index contributed by atoms with van der Waals surface area (Å²) in [5.41, 5.74) is 0. The van der Waals surface area contributed by atoms with Crippen LogP contribution in [0.1, 0.15) is 0 Å². The molecule has 0 aliphatic carbocycles. The minimum absolute atomic E-state index is 0.00904. The van der Waals surface area contributed by atoms with Gasteiger partial charge >= 0.3 is 33.4 Å². The second-order valence-corrected chi connectivity index (χ2v) is 10.0. The molecule has 0 saturated carbocycles. The van der Waals surface area contributed by atoms with Gasteiger partial charge in [0.05, 0.1) is 15.1 Å². The Kier molecular flexibility index (Phi) is 8.40. The number of benzene rings is 1. The SMILES string of the molecule is Oc1c(Cl)c(Cl)c(Cl)c(Cl)c1Cl.[CH3][Hg][CH3]. The van der Waals surface area contributed by atoms with Crippen LogP contribution in [0.15, 0.2) is 0 Å². The molecule has 82 valence electrons. The molecule has 0 aliphatic rings. The number of hydrogen-bond acceptors (Lipinski definition) is 1. The molecule has 0 spiro atoms. The minimum atomic E-state index is -0.363. The van der Waals surface area contributed by atoms with E-state index in [9.17, 15) is 5.11 Å². The van der Waals surface area contributed by atoms with E-state index in [2.05, 4.69) is 8.86 Å². The van der Waals surface area contributed by atoms with E-state index in [-0.39, 0.29) is 55.4 Å². The van der Waals surface area contributed by atoms with Gasteiger partial charge < -0.3 is 5.11 Å². The van der Waals surface area contributed by atoms with Crippen molar-refractivity contribution >= 4 is 58.0 Å². The predicted octanol–water partition coefficient (Wildman–Crippen LogP) is 5.82. The summed E-state index contributed by atoms with van der Waals surface area (Å²) < 4.78 is 4.69. The molecule has 7 heteroatoms. The van der Waals surface area contributed by atoms with Gasteiger partial charge in [-0.15, -0.1) is 0 Å². The van der Waals surface area contributed by atoms with Crippen LogP contribution in [-0.2, 0) is 24.6 Å². The number of phenolic OH excluding ortho intramolecular Hbond substituents is 1. The van der Waals surface area contributed by atoms with Crippen molar-refractivity contribution in [2.45, 2.75) is 8.86 Å². The van der Waals surface area contributed by atoms with Gasteiger partial charge in [-0.3, -0.25) is 0 Å². The molecule has 0 unspecified atom stereocenters. The van der Waals surface area contributed by atoms with Crippen molar-refractivity contribution in [3.8, 4) is 5.75 Å². The molecule has 1 aromatic rings. The van der Waals surface area contributed by atoms with E-state index in [1.807, 2.05) is 0 Å². The quantitative estimate of drug-likeness (QED) is 0.272. The molecule has 1 aromatic carbocycles. The molecule has 0 bridgehead atoms. The Morgan fingerprint density at radius 3 is 1.20 bits per heavy atom. The second-order valence-electron chi connectivity index (χ2n) is 2.63. The van der Waals surface area contributed by atoms with Crippen molar-refractivity contribution in [2.24, 2.45) is 0 Å². The Morgan fingerprint density at radius 2 is 0.933 bits per heavy atom. The number of phenols is 1. The van der Waals surface area contributed by atoms with Gasteiger partial charge in [0.2, 0.25) is 0 Å². The van der Waals surface area contributed by atoms with Crippen molar-refractivity contribution in [1.29, 1.82) is 0 Å². The summed E-state index contributed by atoms with van der Waals surface area (Å²) in [4.78, 5) is 0. The molecule has 0 saturated heterocycles. The van der Waals surface area contributed by atoms with Crippen LogP contribution >= 0.6 is 58.0 Å². The molecule has 0 atom stereocenters. The van der Waals surface area contributed by atoms with Gasteiger partial charge in [0, 0.05) is 0 Å². The number of hydrogen-bond donors (Lipinski definition) is 1. The maximum absolute atomic E-state index is 9.20. The Balaban J connectivity index is 0.000000583. The van der Waals surface area contributed by atoms with Crippen molar-refractivity contribution in [1.82, 2.24) is 0 Å². The van der Waals surface area contributed by atoms with Crippen LogP contribution < -0.4 is 0 Å². The molecule has 1 nitrogen and oxygen atoms in total.